The average Bonchev–Trinajstić information content (AvgIpc) is 3.01. The topological polar surface area (TPSA) is 61.1 Å². The first kappa shape index (κ1) is 17.2. The number of carbonyl (C=O) groups is 1. The van der Waals surface area contributed by atoms with E-state index in [1.807, 2.05) is 30.3 Å². The summed E-state index contributed by atoms with van der Waals surface area (Å²) < 4.78 is 3.15. The predicted molar refractivity (Wildman–Crippen MR) is 108 cm³/mol. The zero-order valence-corrected chi connectivity index (χ0v) is 16.0. The molecule has 1 saturated carbocycles. The molecule has 0 N–H and O–H groups in total. The Labute approximate surface area is 162 Å². The molecule has 2 aromatic carbocycles. The minimum atomic E-state index is -0.445. The van der Waals surface area contributed by atoms with E-state index in [2.05, 4.69) is 13.8 Å². The smallest absolute Gasteiger partial charge is 0.273 e. The number of nitrogens with zero attached hydrogens (tertiary/aromatic N) is 2. The Hall–Kier alpha value is -2.95. The van der Waals surface area contributed by atoms with Gasteiger partial charge in [-0.1, -0.05) is 56.3 Å². The van der Waals surface area contributed by atoms with Crippen molar-refractivity contribution in [3.8, 4) is 0 Å². The highest BCUT2D eigenvalue weighted by molar-refractivity contribution is 5.85. The molecule has 0 spiro atoms. The predicted octanol–water partition coefficient (Wildman–Crippen LogP) is 3.31. The molecule has 3 unspecified atom stereocenters. The molecule has 0 radical (unpaired) electrons. The van der Waals surface area contributed by atoms with Crippen molar-refractivity contribution in [3.05, 3.63) is 80.9 Å². The van der Waals surface area contributed by atoms with Gasteiger partial charge in [-0.2, -0.15) is 0 Å². The first-order chi connectivity index (χ1) is 13.4. The van der Waals surface area contributed by atoms with Crippen molar-refractivity contribution in [2.45, 2.75) is 38.8 Å². The zero-order chi connectivity index (χ0) is 19.6. The third-order valence-corrected chi connectivity index (χ3v) is 6.30. The lowest BCUT2D eigenvalue weighted by Gasteiger charge is -2.37. The Kier molecular flexibility index (Phi) is 3.54. The highest BCUT2D eigenvalue weighted by Crippen LogP contribution is 2.50. The fourth-order valence-electron chi connectivity index (χ4n) is 5.21. The van der Waals surface area contributed by atoms with Crippen molar-refractivity contribution in [3.63, 3.8) is 0 Å². The van der Waals surface area contributed by atoms with Gasteiger partial charge < -0.3 is 0 Å². The molecule has 0 bridgehead atoms. The third kappa shape index (κ3) is 2.28. The van der Waals surface area contributed by atoms with E-state index in [9.17, 15) is 14.4 Å². The normalized spacial score (nSPS) is 25.5. The quantitative estimate of drug-likeness (QED) is 0.657. The largest absolute Gasteiger partial charge is 0.299 e. The molecule has 2 heterocycles. The number of carbonyl (C=O) groups excluding carboxylic acids is 1. The molecule has 3 atom stereocenters. The van der Waals surface area contributed by atoms with E-state index >= 15 is 0 Å². The maximum atomic E-state index is 13.5. The summed E-state index contributed by atoms with van der Waals surface area (Å²) in [6.45, 7) is 4.12. The standard InChI is InChI=1S/C23H22N2O3/c1-23(2)12-17-19(18(26)13-23)20(14-8-4-3-5-9-14)25-22(28)16-11-7-6-10-15(16)21(27)24(17)25/h3-11,17,19-20H,12-13H2,1-2H3. The van der Waals surface area contributed by atoms with Gasteiger partial charge >= 0.3 is 0 Å². The highest BCUT2D eigenvalue weighted by Gasteiger charge is 2.52. The van der Waals surface area contributed by atoms with Crippen LogP contribution in [0.4, 0.5) is 0 Å². The Bertz CT molecular complexity index is 1220. The molecule has 5 rings (SSSR count). The van der Waals surface area contributed by atoms with Gasteiger partial charge in [-0.25, -0.2) is 9.36 Å². The van der Waals surface area contributed by atoms with Crippen LogP contribution in [0.5, 0.6) is 0 Å². The Balaban J connectivity index is 1.89. The molecule has 0 saturated heterocycles. The maximum Gasteiger partial charge on any atom is 0.273 e. The summed E-state index contributed by atoms with van der Waals surface area (Å²) in [5.41, 5.74) is 0.308. The number of aromatic nitrogens is 2. The first-order valence-corrected chi connectivity index (χ1v) is 9.73. The molecular weight excluding hydrogens is 352 g/mol. The molecule has 142 valence electrons. The maximum absolute atomic E-state index is 13.5. The Morgan fingerprint density at radius 3 is 2.04 bits per heavy atom. The third-order valence-electron chi connectivity index (χ3n) is 6.30. The van der Waals surface area contributed by atoms with Gasteiger partial charge in [0.15, 0.2) is 0 Å². The van der Waals surface area contributed by atoms with Crippen molar-refractivity contribution >= 4 is 16.6 Å². The van der Waals surface area contributed by atoms with Gasteiger partial charge in [-0.15, -0.1) is 0 Å². The molecule has 28 heavy (non-hydrogen) atoms. The molecule has 3 aromatic rings. The lowest BCUT2D eigenvalue weighted by atomic mass is 9.67. The molecular formula is C23H22N2O3. The van der Waals surface area contributed by atoms with Crippen LogP contribution in [0.1, 0.15) is 44.3 Å². The lowest BCUT2D eigenvalue weighted by molar-refractivity contribution is -0.129. The molecule has 2 aliphatic rings. The van der Waals surface area contributed by atoms with E-state index in [0.29, 0.717) is 23.6 Å². The summed E-state index contributed by atoms with van der Waals surface area (Å²) in [6.07, 6.45) is 1.17. The number of hydrogen-bond acceptors (Lipinski definition) is 3. The molecule has 1 aliphatic carbocycles. The fourth-order valence-corrected chi connectivity index (χ4v) is 5.21. The van der Waals surface area contributed by atoms with E-state index in [-0.39, 0.29) is 28.4 Å². The number of ketones is 1. The minimum Gasteiger partial charge on any atom is -0.299 e. The van der Waals surface area contributed by atoms with Crippen LogP contribution in [0.2, 0.25) is 0 Å². The van der Waals surface area contributed by atoms with Crippen LogP contribution in [-0.4, -0.2) is 15.1 Å². The van der Waals surface area contributed by atoms with Gasteiger partial charge in [0, 0.05) is 6.42 Å². The van der Waals surface area contributed by atoms with Gasteiger partial charge in [0.05, 0.1) is 28.8 Å². The van der Waals surface area contributed by atoms with Crippen molar-refractivity contribution in [2.24, 2.45) is 11.3 Å². The van der Waals surface area contributed by atoms with Crippen LogP contribution in [0.15, 0.2) is 64.2 Å². The second-order valence-corrected chi connectivity index (χ2v) is 8.81. The Morgan fingerprint density at radius 1 is 0.821 bits per heavy atom. The van der Waals surface area contributed by atoms with E-state index in [4.69, 9.17) is 0 Å². The first-order valence-electron chi connectivity index (χ1n) is 9.73. The number of fused-ring (bicyclic) bond motifs is 4. The molecule has 1 fully saturated rings. The van der Waals surface area contributed by atoms with Gasteiger partial charge in [-0.05, 0) is 29.5 Å². The molecule has 5 heteroatoms. The van der Waals surface area contributed by atoms with Gasteiger partial charge in [-0.3, -0.25) is 14.4 Å². The summed E-state index contributed by atoms with van der Waals surface area (Å²) in [4.78, 5) is 40.1. The monoisotopic (exact) mass is 374 g/mol. The summed E-state index contributed by atoms with van der Waals surface area (Å²) in [5.74, 6) is -0.258. The van der Waals surface area contributed by atoms with Gasteiger partial charge in [0.25, 0.3) is 11.1 Å². The second-order valence-electron chi connectivity index (χ2n) is 8.81. The number of hydrogen-bond donors (Lipinski definition) is 0. The van der Waals surface area contributed by atoms with E-state index in [1.54, 1.807) is 33.6 Å². The van der Waals surface area contributed by atoms with E-state index in [1.165, 1.54) is 0 Å². The molecule has 1 aromatic heterocycles. The Morgan fingerprint density at radius 2 is 1.39 bits per heavy atom. The van der Waals surface area contributed by atoms with Gasteiger partial charge in [0.1, 0.15) is 5.78 Å². The van der Waals surface area contributed by atoms with Crippen LogP contribution in [0, 0.1) is 11.3 Å². The number of benzene rings is 2. The lowest BCUT2D eigenvalue weighted by Crippen LogP contribution is -2.40. The van der Waals surface area contributed by atoms with Crippen molar-refractivity contribution < 1.29 is 4.79 Å². The van der Waals surface area contributed by atoms with Crippen LogP contribution in [0.25, 0.3) is 10.8 Å². The number of Topliss-reactive ketones (excluding diaryl/α,β-unsaturated/α-hetero) is 1. The van der Waals surface area contributed by atoms with Crippen molar-refractivity contribution in [1.82, 2.24) is 9.36 Å². The summed E-state index contributed by atoms with van der Waals surface area (Å²) in [6, 6.07) is 15.8. The second kappa shape index (κ2) is 5.77. The van der Waals surface area contributed by atoms with Crippen LogP contribution < -0.4 is 11.1 Å². The summed E-state index contributed by atoms with van der Waals surface area (Å²) >= 11 is 0. The molecule has 1 aliphatic heterocycles. The van der Waals surface area contributed by atoms with Crippen molar-refractivity contribution in [1.29, 1.82) is 0 Å². The van der Waals surface area contributed by atoms with Crippen LogP contribution in [-0.2, 0) is 4.79 Å². The summed E-state index contributed by atoms with van der Waals surface area (Å²) in [7, 11) is 0. The van der Waals surface area contributed by atoms with E-state index < -0.39 is 12.0 Å². The SMILES string of the molecule is CC1(C)CC(=O)C2C(C1)n1c(=O)c3ccccc3c(=O)n1C2c1ccccc1. The van der Waals surface area contributed by atoms with Crippen LogP contribution >= 0.6 is 0 Å². The number of rotatable bonds is 1. The highest BCUT2D eigenvalue weighted by atomic mass is 16.2. The average molecular weight is 374 g/mol. The zero-order valence-electron chi connectivity index (χ0n) is 16.0. The minimum absolute atomic E-state index is 0.133. The van der Waals surface area contributed by atoms with Crippen molar-refractivity contribution in [2.75, 3.05) is 0 Å². The van der Waals surface area contributed by atoms with Gasteiger partial charge in [0.2, 0.25) is 0 Å². The van der Waals surface area contributed by atoms with Crippen LogP contribution in [0.3, 0.4) is 0 Å². The van der Waals surface area contributed by atoms with E-state index in [0.717, 1.165) is 5.56 Å². The fraction of sp³-hybridized carbons (Fsp3) is 0.348. The molecule has 5 nitrogen and oxygen atoms in total. The molecule has 0 amide bonds. The summed E-state index contributed by atoms with van der Waals surface area (Å²) in [5, 5.41) is 0.835.